The third-order valence-electron chi connectivity index (χ3n) is 1.73. The van der Waals surface area contributed by atoms with Gasteiger partial charge in [0.2, 0.25) is 0 Å². The van der Waals surface area contributed by atoms with Gasteiger partial charge < -0.3 is 9.90 Å². The van der Waals surface area contributed by atoms with Crippen LogP contribution in [0, 0.1) is 13.8 Å². The van der Waals surface area contributed by atoms with Crippen LogP contribution in [0.1, 0.15) is 18.3 Å². The van der Waals surface area contributed by atoms with Gasteiger partial charge in [-0.2, -0.15) is 0 Å². The standard InChI is InChI=1S/C8H12N.C2H4O2/c1-7-5-4-6-8(2)9(7)3;1-2(3)4/h4-6H,1-3H3;1H3,(H,3,4)/q+1;/p-1. The summed E-state index contributed by atoms with van der Waals surface area (Å²) in [5, 5.41) is 8.89. The summed E-state index contributed by atoms with van der Waals surface area (Å²) in [6, 6.07) is 6.28. The van der Waals surface area contributed by atoms with Gasteiger partial charge >= 0.3 is 0 Å². The first-order valence-corrected chi connectivity index (χ1v) is 4.05. The average Bonchev–Trinajstić information content (AvgIpc) is 1.99. The summed E-state index contributed by atoms with van der Waals surface area (Å²) in [5.74, 6) is -1.08. The van der Waals surface area contributed by atoms with Gasteiger partial charge in [-0.05, 0) is 13.0 Å². The Morgan fingerprint density at radius 1 is 1.31 bits per heavy atom. The maximum Gasteiger partial charge on any atom is 0.178 e. The third kappa shape index (κ3) is 4.95. The number of rotatable bonds is 0. The van der Waals surface area contributed by atoms with Crippen molar-refractivity contribution in [3.05, 3.63) is 29.6 Å². The number of carboxylic acid groups (broad SMARTS) is 1. The fourth-order valence-electron chi connectivity index (χ4n) is 0.828. The molecule has 0 atom stereocenters. The number of aliphatic carboxylic acids is 1. The highest BCUT2D eigenvalue weighted by Gasteiger charge is 2.00. The summed E-state index contributed by atoms with van der Waals surface area (Å²) in [7, 11) is 2.07. The van der Waals surface area contributed by atoms with Gasteiger partial charge in [0.05, 0.1) is 0 Å². The van der Waals surface area contributed by atoms with E-state index in [9.17, 15) is 0 Å². The van der Waals surface area contributed by atoms with Crippen LogP contribution in [0.4, 0.5) is 0 Å². The van der Waals surface area contributed by atoms with Gasteiger partial charge in [0.1, 0.15) is 7.05 Å². The molecule has 0 bridgehead atoms. The lowest BCUT2D eigenvalue weighted by atomic mass is 10.3. The Bertz CT molecular complexity index is 271. The van der Waals surface area contributed by atoms with E-state index in [-0.39, 0.29) is 0 Å². The zero-order valence-electron chi connectivity index (χ0n) is 8.50. The molecule has 1 heterocycles. The van der Waals surface area contributed by atoms with Crippen LogP contribution in [0.15, 0.2) is 18.2 Å². The van der Waals surface area contributed by atoms with Crippen LogP contribution in [0.25, 0.3) is 0 Å². The van der Waals surface area contributed by atoms with Crippen molar-refractivity contribution >= 4 is 5.97 Å². The lowest BCUT2D eigenvalue weighted by Gasteiger charge is -1.94. The van der Waals surface area contributed by atoms with Gasteiger partial charge in [0.15, 0.2) is 11.4 Å². The molecule has 3 nitrogen and oxygen atoms in total. The van der Waals surface area contributed by atoms with Gasteiger partial charge in [0.25, 0.3) is 0 Å². The van der Waals surface area contributed by atoms with E-state index in [0.29, 0.717) is 0 Å². The van der Waals surface area contributed by atoms with Crippen molar-refractivity contribution in [2.24, 2.45) is 7.05 Å². The maximum atomic E-state index is 8.89. The molecule has 0 radical (unpaired) electrons. The topological polar surface area (TPSA) is 44.0 Å². The minimum atomic E-state index is -1.08. The highest BCUT2D eigenvalue weighted by Crippen LogP contribution is 1.90. The second-order valence-corrected chi connectivity index (χ2v) is 2.86. The van der Waals surface area contributed by atoms with E-state index >= 15 is 0 Å². The number of hydrogen-bond donors (Lipinski definition) is 0. The molecule has 0 fully saturated rings. The van der Waals surface area contributed by atoms with E-state index in [2.05, 4.69) is 43.7 Å². The predicted molar refractivity (Wildman–Crippen MR) is 47.8 cm³/mol. The molecule has 13 heavy (non-hydrogen) atoms. The van der Waals surface area contributed by atoms with Crippen molar-refractivity contribution in [2.45, 2.75) is 20.8 Å². The fourth-order valence-corrected chi connectivity index (χ4v) is 0.828. The Hall–Kier alpha value is -1.38. The van der Waals surface area contributed by atoms with Gasteiger partial charge in [-0.25, -0.2) is 4.57 Å². The third-order valence-corrected chi connectivity index (χ3v) is 1.73. The molecule has 0 aromatic carbocycles. The molecule has 0 N–H and O–H groups in total. The van der Waals surface area contributed by atoms with Gasteiger partial charge in [-0.3, -0.25) is 0 Å². The number of carboxylic acids is 1. The summed E-state index contributed by atoms with van der Waals surface area (Å²) in [4.78, 5) is 8.89. The Morgan fingerprint density at radius 3 is 1.85 bits per heavy atom. The molecule has 0 aliphatic carbocycles. The molecule has 0 aliphatic heterocycles. The molecule has 3 heteroatoms. The second-order valence-electron chi connectivity index (χ2n) is 2.86. The largest absolute Gasteiger partial charge is 0.550 e. The first-order chi connectivity index (χ1) is 5.95. The number of nitrogens with zero attached hydrogens (tertiary/aromatic N) is 1. The molecule has 0 spiro atoms. The molecule has 0 saturated carbocycles. The van der Waals surface area contributed by atoms with E-state index in [1.165, 1.54) is 11.4 Å². The van der Waals surface area contributed by atoms with Gasteiger partial charge in [0, 0.05) is 31.9 Å². The SMILES string of the molecule is CC(=O)[O-].Cc1cccc(C)[n+]1C. The Kier molecular flexibility index (Phi) is 4.74. The lowest BCUT2D eigenvalue weighted by molar-refractivity contribution is -0.683. The van der Waals surface area contributed by atoms with Crippen molar-refractivity contribution < 1.29 is 14.5 Å². The van der Waals surface area contributed by atoms with Crippen molar-refractivity contribution in [1.29, 1.82) is 0 Å². The zero-order chi connectivity index (χ0) is 10.4. The van der Waals surface area contributed by atoms with E-state index in [0.717, 1.165) is 6.92 Å². The molecule has 0 saturated heterocycles. The zero-order valence-corrected chi connectivity index (χ0v) is 8.50. The Balaban J connectivity index is 0.000000310. The van der Waals surface area contributed by atoms with Gasteiger partial charge in [-0.1, -0.05) is 0 Å². The first-order valence-electron chi connectivity index (χ1n) is 4.05. The number of carbonyl (C=O) groups excluding carboxylic acids is 1. The smallest absolute Gasteiger partial charge is 0.178 e. The van der Waals surface area contributed by atoms with E-state index in [4.69, 9.17) is 9.90 Å². The Labute approximate surface area is 78.6 Å². The molecule has 0 amide bonds. The van der Waals surface area contributed by atoms with Crippen molar-refractivity contribution in [2.75, 3.05) is 0 Å². The predicted octanol–water partition coefficient (Wildman–Crippen LogP) is -0.116. The minimum Gasteiger partial charge on any atom is -0.550 e. The monoisotopic (exact) mass is 181 g/mol. The molecular weight excluding hydrogens is 166 g/mol. The number of hydrogen-bond acceptors (Lipinski definition) is 2. The lowest BCUT2D eigenvalue weighted by Crippen LogP contribution is -2.34. The van der Waals surface area contributed by atoms with Crippen molar-refractivity contribution in [3.63, 3.8) is 0 Å². The van der Waals surface area contributed by atoms with Crippen LogP contribution in [-0.4, -0.2) is 5.97 Å². The average molecular weight is 181 g/mol. The van der Waals surface area contributed by atoms with Crippen molar-refractivity contribution in [3.8, 4) is 0 Å². The molecule has 0 unspecified atom stereocenters. The van der Waals surface area contributed by atoms with E-state index in [1.807, 2.05) is 0 Å². The minimum absolute atomic E-state index is 0.972. The maximum absolute atomic E-state index is 8.89. The number of aromatic nitrogens is 1. The summed E-state index contributed by atoms with van der Waals surface area (Å²) in [5.41, 5.74) is 2.60. The van der Waals surface area contributed by atoms with E-state index < -0.39 is 5.97 Å². The summed E-state index contributed by atoms with van der Waals surface area (Å²) < 4.78 is 2.17. The van der Waals surface area contributed by atoms with Crippen LogP contribution in [-0.2, 0) is 11.8 Å². The summed E-state index contributed by atoms with van der Waals surface area (Å²) >= 11 is 0. The van der Waals surface area contributed by atoms with Crippen LogP contribution >= 0.6 is 0 Å². The quantitative estimate of drug-likeness (QED) is 0.524. The van der Waals surface area contributed by atoms with Crippen LogP contribution in [0.5, 0.6) is 0 Å². The molecular formula is C10H15NO2. The first kappa shape index (κ1) is 11.6. The van der Waals surface area contributed by atoms with E-state index in [1.54, 1.807) is 0 Å². The molecule has 1 aromatic heterocycles. The Morgan fingerprint density at radius 2 is 1.62 bits per heavy atom. The molecule has 72 valence electrons. The molecule has 1 aromatic rings. The molecule has 0 aliphatic rings. The van der Waals surface area contributed by atoms with Crippen LogP contribution in [0.2, 0.25) is 0 Å². The van der Waals surface area contributed by atoms with Crippen molar-refractivity contribution in [1.82, 2.24) is 0 Å². The normalized spacial score (nSPS) is 8.62. The highest BCUT2D eigenvalue weighted by molar-refractivity contribution is 5.60. The number of carbonyl (C=O) groups is 1. The van der Waals surface area contributed by atoms with Crippen LogP contribution in [0.3, 0.4) is 0 Å². The molecule has 1 rings (SSSR count). The van der Waals surface area contributed by atoms with Gasteiger partial charge in [-0.15, -0.1) is 0 Å². The number of aryl methyl sites for hydroxylation is 2. The summed E-state index contributed by atoms with van der Waals surface area (Å²) in [6.07, 6.45) is 0. The number of pyridine rings is 1. The highest BCUT2D eigenvalue weighted by atomic mass is 16.4. The van der Waals surface area contributed by atoms with Crippen LogP contribution < -0.4 is 9.67 Å². The summed E-state index contributed by atoms with van der Waals surface area (Å²) in [6.45, 7) is 5.18. The fraction of sp³-hybridized carbons (Fsp3) is 0.400. The second kappa shape index (κ2) is 5.30.